The van der Waals surface area contributed by atoms with E-state index in [1.807, 2.05) is 0 Å². The minimum absolute atomic E-state index is 0.0305. The highest BCUT2D eigenvalue weighted by molar-refractivity contribution is 6.75. The lowest BCUT2D eigenvalue weighted by molar-refractivity contribution is -0.108. The molecule has 0 fully saturated rings. The minimum Gasteiger partial charge on any atom is -0.275 e. The van der Waals surface area contributed by atoms with Crippen molar-refractivity contribution in [2.45, 2.75) is 0 Å². The van der Waals surface area contributed by atoms with Crippen molar-refractivity contribution in [3.63, 3.8) is 0 Å². The van der Waals surface area contributed by atoms with Gasteiger partial charge in [-0.2, -0.15) is 0 Å². The molecular formula is C6H2Cl6O. The van der Waals surface area contributed by atoms with E-state index in [1.54, 1.807) is 0 Å². The number of halogens is 6. The van der Waals surface area contributed by atoms with Crippen molar-refractivity contribution in [2.24, 2.45) is 0 Å². The van der Waals surface area contributed by atoms with Crippen LogP contribution in [0.2, 0.25) is 0 Å². The molecule has 0 saturated carbocycles. The highest BCUT2D eigenvalue weighted by Gasteiger charge is 2.14. The normalized spacial score (nSPS) is 14.9. The summed E-state index contributed by atoms with van der Waals surface area (Å²) in [5, 5.41) is -1.52. The molecule has 7 heteroatoms. The summed E-state index contributed by atoms with van der Waals surface area (Å²) in [5.74, 6) is -0.0305. The Balaban J connectivity index is 5.10. The first kappa shape index (κ1) is 13.9. The highest BCUT2D eigenvalue weighted by atomic mass is 35.5. The number of carbonyl (C=O) groups is 1. The van der Waals surface area contributed by atoms with E-state index < -0.39 is 10.3 Å². The van der Waals surface area contributed by atoms with E-state index in [2.05, 4.69) is 0 Å². The van der Waals surface area contributed by atoms with E-state index in [0.717, 1.165) is 0 Å². The van der Waals surface area contributed by atoms with E-state index >= 15 is 0 Å². The predicted molar refractivity (Wildman–Crippen MR) is 59.0 cm³/mol. The lowest BCUT2D eigenvalue weighted by atomic mass is 10.4. The van der Waals surface area contributed by atoms with Crippen LogP contribution in [0, 0.1) is 0 Å². The smallest absolute Gasteiger partial charge is 0.265 e. The van der Waals surface area contributed by atoms with Gasteiger partial charge < -0.3 is 0 Å². The summed E-state index contributed by atoms with van der Waals surface area (Å²) >= 11 is 32.5. The number of rotatable bonds is 3. The van der Waals surface area contributed by atoms with Crippen LogP contribution in [0.1, 0.15) is 0 Å². The third-order valence-corrected chi connectivity index (χ3v) is 3.37. The van der Waals surface area contributed by atoms with Crippen LogP contribution < -0.4 is 0 Å². The summed E-state index contributed by atoms with van der Waals surface area (Å²) in [7, 11) is 0. The standard InChI is InChI=1S/C6H2Cl6O/c7-1-2(8)3(9)4(10)5(11)6(12)13/h1H2. The molecule has 0 radical (unpaired) electrons. The molecule has 0 amide bonds. The van der Waals surface area contributed by atoms with E-state index in [1.165, 1.54) is 0 Å². The van der Waals surface area contributed by atoms with Crippen LogP contribution in [0.5, 0.6) is 0 Å². The molecule has 0 heterocycles. The van der Waals surface area contributed by atoms with Crippen LogP contribution in [0.4, 0.5) is 0 Å². The van der Waals surface area contributed by atoms with Gasteiger partial charge in [-0.05, 0) is 11.6 Å². The fraction of sp³-hybridized carbons (Fsp3) is 0.167. The van der Waals surface area contributed by atoms with Gasteiger partial charge in [0, 0.05) is 0 Å². The second-order valence-electron chi connectivity index (χ2n) is 1.75. The molecule has 0 aromatic heterocycles. The third-order valence-electron chi connectivity index (χ3n) is 0.913. The van der Waals surface area contributed by atoms with Gasteiger partial charge in [-0.1, -0.05) is 46.4 Å². The monoisotopic (exact) mass is 300 g/mol. The molecule has 0 aromatic carbocycles. The number of allylic oxidation sites excluding steroid dienone is 4. The number of hydrogen-bond acceptors (Lipinski definition) is 1. The first-order valence-electron chi connectivity index (χ1n) is 2.77. The van der Waals surface area contributed by atoms with Crippen LogP contribution in [-0.4, -0.2) is 11.1 Å². The SMILES string of the molecule is O=C(Cl)C(Cl)=C(Cl)C(Cl)=C(Cl)CCl. The Kier molecular flexibility index (Phi) is 6.83. The molecular weight excluding hydrogens is 301 g/mol. The molecule has 0 atom stereocenters. The van der Waals surface area contributed by atoms with Crippen molar-refractivity contribution >= 4 is 74.8 Å². The Morgan fingerprint density at radius 1 is 0.846 bits per heavy atom. The Morgan fingerprint density at radius 3 is 1.62 bits per heavy atom. The summed E-state index contributed by atoms with van der Waals surface area (Å²) in [6.07, 6.45) is 0. The molecule has 0 unspecified atom stereocenters. The van der Waals surface area contributed by atoms with Crippen molar-refractivity contribution < 1.29 is 4.79 Å². The van der Waals surface area contributed by atoms with Gasteiger partial charge >= 0.3 is 0 Å². The summed E-state index contributed by atoms with van der Waals surface area (Å²) in [6.45, 7) is 0. The molecule has 0 aliphatic heterocycles. The lowest BCUT2D eigenvalue weighted by Crippen LogP contribution is -1.90. The van der Waals surface area contributed by atoms with Gasteiger partial charge in [0.25, 0.3) is 5.24 Å². The Labute approximate surface area is 105 Å². The molecule has 0 aliphatic rings. The van der Waals surface area contributed by atoms with E-state index in [-0.39, 0.29) is 21.0 Å². The second kappa shape index (κ2) is 6.39. The average molecular weight is 303 g/mol. The molecule has 13 heavy (non-hydrogen) atoms. The maximum absolute atomic E-state index is 10.5. The zero-order chi connectivity index (χ0) is 10.6. The van der Waals surface area contributed by atoms with Crippen molar-refractivity contribution in [3.05, 3.63) is 20.1 Å². The van der Waals surface area contributed by atoms with Crippen LogP contribution in [0.25, 0.3) is 0 Å². The van der Waals surface area contributed by atoms with Gasteiger partial charge in [-0.3, -0.25) is 4.79 Å². The zero-order valence-corrected chi connectivity index (χ0v) is 10.4. The van der Waals surface area contributed by atoms with Crippen LogP contribution in [-0.2, 0) is 4.79 Å². The molecule has 0 spiro atoms. The summed E-state index contributed by atoms with van der Waals surface area (Å²) in [6, 6.07) is 0. The first-order chi connectivity index (χ1) is 5.91. The highest BCUT2D eigenvalue weighted by Crippen LogP contribution is 2.30. The molecule has 74 valence electrons. The molecule has 1 nitrogen and oxygen atoms in total. The van der Waals surface area contributed by atoms with Crippen LogP contribution in [0.15, 0.2) is 20.1 Å². The maximum Gasteiger partial charge on any atom is 0.265 e. The van der Waals surface area contributed by atoms with Crippen molar-refractivity contribution in [1.82, 2.24) is 0 Å². The zero-order valence-electron chi connectivity index (χ0n) is 5.88. The predicted octanol–water partition coefficient (Wildman–Crippen LogP) is 4.37. The van der Waals surface area contributed by atoms with Gasteiger partial charge in [-0.15, -0.1) is 11.6 Å². The fourth-order valence-electron chi connectivity index (χ4n) is 0.360. The number of alkyl halides is 1. The number of hydrogen-bond donors (Lipinski definition) is 0. The molecule has 0 aliphatic carbocycles. The van der Waals surface area contributed by atoms with Crippen molar-refractivity contribution in [3.8, 4) is 0 Å². The van der Waals surface area contributed by atoms with Gasteiger partial charge in [-0.25, -0.2) is 0 Å². The van der Waals surface area contributed by atoms with E-state index in [4.69, 9.17) is 69.6 Å². The van der Waals surface area contributed by atoms with E-state index in [9.17, 15) is 4.79 Å². The summed E-state index contributed by atoms with van der Waals surface area (Å²) < 4.78 is 0. The van der Waals surface area contributed by atoms with Crippen LogP contribution >= 0.6 is 69.6 Å². The molecule has 0 N–H and O–H groups in total. The first-order valence-corrected chi connectivity index (χ1v) is 5.19. The fourth-order valence-corrected chi connectivity index (χ4v) is 1.35. The lowest BCUT2D eigenvalue weighted by Gasteiger charge is -2.00. The minimum atomic E-state index is -0.913. The van der Waals surface area contributed by atoms with Crippen LogP contribution in [0.3, 0.4) is 0 Å². The summed E-state index contributed by atoms with van der Waals surface area (Å²) in [4.78, 5) is 10.5. The topological polar surface area (TPSA) is 17.1 Å². The summed E-state index contributed by atoms with van der Waals surface area (Å²) in [5.41, 5.74) is 0. The molecule has 0 rings (SSSR count). The molecule has 0 bridgehead atoms. The van der Waals surface area contributed by atoms with Crippen molar-refractivity contribution in [1.29, 1.82) is 0 Å². The largest absolute Gasteiger partial charge is 0.275 e. The number of carbonyl (C=O) groups excluding carboxylic acids is 1. The van der Waals surface area contributed by atoms with Gasteiger partial charge in [0.2, 0.25) is 0 Å². The average Bonchev–Trinajstić information content (AvgIpc) is 2.12. The van der Waals surface area contributed by atoms with Crippen molar-refractivity contribution in [2.75, 3.05) is 5.88 Å². The Hall–Kier alpha value is 0.890. The second-order valence-corrected chi connectivity index (χ2v) is 3.95. The Morgan fingerprint density at radius 2 is 1.31 bits per heavy atom. The molecule has 0 aromatic rings. The van der Waals surface area contributed by atoms with E-state index in [0.29, 0.717) is 0 Å². The maximum atomic E-state index is 10.5. The Bertz CT molecular complexity index is 279. The molecule has 0 saturated heterocycles. The van der Waals surface area contributed by atoms with Gasteiger partial charge in [0.15, 0.2) is 0 Å². The van der Waals surface area contributed by atoms with Gasteiger partial charge in [0.1, 0.15) is 5.03 Å². The van der Waals surface area contributed by atoms with Gasteiger partial charge in [0.05, 0.1) is 21.0 Å². The quantitative estimate of drug-likeness (QED) is 0.327. The third kappa shape index (κ3) is 4.28.